The summed E-state index contributed by atoms with van der Waals surface area (Å²) in [5.41, 5.74) is 0.193. The molecule has 19 heavy (non-hydrogen) atoms. The molecule has 0 spiro atoms. The number of fused-ring (bicyclic) bond motifs is 2. The largest absolute Gasteiger partial charge is 0.294 e. The summed E-state index contributed by atoms with van der Waals surface area (Å²) in [5.74, 6) is -0.694. The molecule has 2 aliphatic heterocycles. The number of hydrogen-bond donors (Lipinski definition) is 0. The van der Waals surface area contributed by atoms with Crippen molar-refractivity contribution in [1.29, 1.82) is 0 Å². The Morgan fingerprint density at radius 3 is 2.42 bits per heavy atom. The quantitative estimate of drug-likeness (QED) is 0.780. The molecule has 0 amide bonds. The molecule has 3 rings (SSSR count). The van der Waals surface area contributed by atoms with Gasteiger partial charge in [0.05, 0.1) is 5.56 Å². The Hall–Kier alpha value is -1.03. The van der Waals surface area contributed by atoms with Gasteiger partial charge in [0.2, 0.25) is 0 Å². The van der Waals surface area contributed by atoms with E-state index in [1.165, 1.54) is 6.07 Å². The van der Waals surface area contributed by atoms with Crippen LogP contribution in [0.15, 0.2) is 24.3 Å². The second-order valence-corrected chi connectivity index (χ2v) is 7.51. The number of ketones is 1. The van der Waals surface area contributed by atoms with Gasteiger partial charge in [-0.3, -0.25) is 9.00 Å². The molecule has 2 nitrogen and oxygen atoms in total. The van der Waals surface area contributed by atoms with E-state index in [1.54, 1.807) is 18.2 Å². The van der Waals surface area contributed by atoms with Crippen molar-refractivity contribution in [3.63, 3.8) is 0 Å². The molecule has 0 saturated carbocycles. The summed E-state index contributed by atoms with van der Waals surface area (Å²) in [4.78, 5) is 12.4. The molecule has 2 aliphatic rings. The molecule has 2 bridgehead atoms. The van der Waals surface area contributed by atoms with Crippen LogP contribution in [0, 0.1) is 11.7 Å². The van der Waals surface area contributed by atoms with Gasteiger partial charge in [-0.2, -0.15) is 0 Å². The first-order valence-corrected chi connectivity index (χ1v) is 8.12. The third kappa shape index (κ3) is 2.38. The fraction of sp³-hybridized carbons (Fsp3) is 0.533. The second-order valence-electron chi connectivity index (χ2n) is 5.52. The first-order chi connectivity index (χ1) is 9.16. The number of carbonyl (C=O) groups excluding carboxylic acids is 1. The van der Waals surface area contributed by atoms with Gasteiger partial charge in [-0.1, -0.05) is 18.6 Å². The number of carbonyl (C=O) groups is 1. The van der Waals surface area contributed by atoms with E-state index >= 15 is 0 Å². The maximum atomic E-state index is 13.7. The first kappa shape index (κ1) is 13.0. The lowest BCUT2D eigenvalue weighted by molar-refractivity contribution is 0.0891. The lowest BCUT2D eigenvalue weighted by Crippen LogP contribution is -2.41. The SMILES string of the molecule is O=C(c1ccccc1F)C1CC2CCCC(C1)S2=O. The molecule has 1 aromatic rings. The molecule has 0 aromatic heterocycles. The van der Waals surface area contributed by atoms with Crippen LogP contribution in [0.3, 0.4) is 0 Å². The molecule has 0 radical (unpaired) electrons. The van der Waals surface area contributed by atoms with Crippen LogP contribution in [0.1, 0.15) is 42.5 Å². The summed E-state index contributed by atoms with van der Waals surface area (Å²) >= 11 is 0. The van der Waals surface area contributed by atoms with Crippen LogP contribution in [0.4, 0.5) is 4.39 Å². The smallest absolute Gasteiger partial charge is 0.168 e. The van der Waals surface area contributed by atoms with Crippen molar-refractivity contribution in [1.82, 2.24) is 0 Å². The van der Waals surface area contributed by atoms with E-state index in [2.05, 4.69) is 0 Å². The Kier molecular flexibility index (Phi) is 3.52. The molecule has 4 heteroatoms. The standard InChI is InChI=1S/C15H17FO2S/c16-14-7-2-1-6-13(14)15(17)10-8-11-4-3-5-12(9-10)19(11)18/h1-2,6-7,10-12H,3-5,8-9H2. The van der Waals surface area contributed by atoms with E-state index < -0.39 is 16.6 Å². The van der Waals surface area contributed by atoms with Crippen molar-refractivity contribution in [2.24, 2.45) is 5.92 Å². The van der Waals surface area contributed by atoms with E-state index in [9.17, 15) is 13.4 Å². The van der Waals surface area contributed by atoms with Crippen molar-refractivity contribution in [2.75, 3.05) is 0 Å². The molecule has 0 aliphatic carbocycles. The Balaban J connectivity index is 1.82. The lowest BCUT2D eigenvalue weighted by Gasteiger charge is -2.37. The minimum Gasteiger partial charge on any atom is -0.294 e. The highest BCUT2D eigenvalue weighted by Gasteiger charge is 2.40. The van der Waals surface area contributed by atoms with Crippen molar-refractivity contribution >= 4 is 16.6 Å². The number of Topliss-reactive ketones (excluding diaryl/α,β-unsaturated/α-hetero) is 1. The number of benzene rings is 1. The fourth-order valence-corrected chi connectivity index (χ4v) is 5.52. The molecule has 2 unspecified atom stereocenters. The van der Waals surface area contributed by atoms with Crippen LogP contribution in [0.2, 0.25) is 0 Å². The zero-order valence-corrected chi connectivity index (χ0v) is 11.5. The van der Waals surface area contributed by atoms with Gasteiger partial charge in [0, 0.05) is 27.2 Å². The summed E-state index contributed by atoms with van der Waals surface area (Å²) in [5, 5.41) is 0.293. The Morgan fingerprint density at radius 1 is 1.16 bits per heavy atom. The average Bonchev–Trinajstić information content (AvgIpc) is 2.38. The highest BCUT2D eigenvalue weighted by atomic mass is 32.2. The monoisotopic (exact) mass is 280 g/mol. The number of halogens is 1. The van der Waals surface area contributed by atoms with Crippen LogP contribution >= 0.6 is 0 Å². The van der Waals surface area contributed by atoms with Gasteiger partial charge in [-0.25, -0.2) is 4.39 Å². The summed E-state index contributed by atoms with van der Waals surface area (Å²) < 4.78 is 25.8. The topological polar surface area (TPSA) is 34.1 Å². The normalized spacial score (nSPS) is 33.9. The van der Waals surface area contributed by atoms with Gasteiger partial charge in [0.15, 0.2) is 5.78 Å². The van der Waals surface area contributed by atoms with E-state index in [0.29, 0.717) is 12.8 Å². The number of hydrogen-bond acceptors (Lipinski definition) is 2. The number of rotatable bonds is 2. The van der Waals surface area contributed by atoms with E-state index in [0.717, 1.165) is 19.3 Å². The van der Waals surface area contributed by atoms with Crippen LogP contribution in [0.5, 0.6) is 0 Å². The second kappa shape index (κ2) is 5.16. The van der Waals surface area contributed by atoms with Gasteiger partial charge >= 0.3 is 0 Å². The van der Waals surface area contributed by atoms with Crippen LogP contribution in [-0.2, 0) is 10.8 Å². The molecule has 2 atom stereocenters. The minimum absolute atomic E-state index is 0.105. The van der Waals surface area contributed by atoms with Crippen LogP contribution in [-0.4, -0.2) is 20.5 Å². The molecule has 2 saturated heterocycles. The molecular weight excluding hydrogens is 263 g/mol. The summed E-state index contributed by atoms with van der Waals surface area (Å²) in [6.45, 7) is 0. The highest BCUT2D eigenvalue weighted by Crippen LogP contribution is 2.38. The summed E-state index contributed by atoms with van der Waals surface area (Å²) in [7, 11) is -0.781. The molecular formula is C15H17FO2S. The summed E-state index contributed by atoms with van der Waals surface area (Å²) in [6, 6.07) is 6.17. The van der Waals surface area contributed by atoms with Gasteiger partial charge in [-0.05, 0) is 37.8 Å². The predicted octanol–water partition coefficient (Wildman–Crippen LogP) is 3.09. The third-order valence-electron chi connectivity index (χ3n) is 4.31. The van der Waals surface area contributed by atoms with Gasteiger partial charge in [-0.15, -0.1) is 0 Å². The lowest BCUT2D eigenvalue weighted by atomic mass is 9.84. The van der Waals surface area contributed by atoms with Crippen LogP contribution < -0.4 is 0 Å². The third-order valence-corrected chi connectivity index (χ3v) is 6.48. The first-order valence-electron chi connectivity index (χ1n) is 6.85. The maximum Gasteiger partial charge on any atom is 0.168 e. The van der Waals surface area contributed by atoms with Gasteiger partial charge in [0.25, 0.3) is 0 Å². The molecule has 0 N–H and O–H groups in total. The zero-order valence-electron chi connectivity index (χ0n) is 10.7. The Labute approximate surface area is 114 Å². The summed E-state index contributed by atoms with van der Waals surface area (Å²) in [6.07, 6.45) is 4.34. The molecule has 1 aromatic carbocycles. The maximum absolute atomic E-state index is 13.7. The Morgan fingerprint density at radius 2 is 1.79 bits per heavy atom. The Bertz CT molecular complexity index is 513. The van der Waals surface area contributed by atoms with Crippen molar-refractivity contribution < 1.29 is 13.4 Å². The molecule has 2 heterocycles. The van der Waals surface area contributed by atoms with Gasteiger partial charge in [0.1, 0.15) is 5.82 Å². The predicted molar refractivity (Wildman–Crippen MR) is 73.0 cm³/mol. The van der Waals surface area contributed by atoms with Crippen molar-refractivity contribution in [3.8, 4) is 0 Å². The fourth-order valence-electron chi connectivity index (χ4n) is 3.33. The van der Waals surface area contributed by atoms with E-state index in [4.69, 9.17) is 0 Å². The van der Waals surface area contributed by atoms with E-state index in [-0.39, 0.29) is 27.8 Å². The van der Waals surface area contributed by atoms with E-state index in [1.807, 2.05) is 0 Å². The van der Waals surface area contributed by atoms with Crippen molar-refractivity contribution in [3.05, 3.63) is 35.6 Å². The van der Waals surface area contributed by atoms with Crippen LogP contribution in [0.25, 0.3) is 0 Å². The average molecular weight is 280 g/mol. The van der Waals surface area contributed by atoms with Crippen molar-refractivity contribution in [2.45, 2.75) is 42.6 Å². The zero-order chi connectivity index (χ0) is 13.4. The van der Waals surface area contributed by atoms with Gasteiger partial charge < -0.3 is 0 Å². The highest BCUT2D eigenvalue weighted by molar-refractivity contribution is 7.86. The molecule has 2 fully saturated rings. The molecule has 102 valence electrons. The minimum atomic E-state index is -0.781.